The number of aromatic nitrogens is 3. The topological polar surface area (TPSA) is 128 Å². The van der Waals surface area contributed by atoms with Gasteiger partial charge < -0.3 is 24.7 Å². The van der Waals surface area contributed by atoms with Crippen molar-refractivity contribution in [3.63, 3.8) is 0 Å². The van der Waals surface area contributed by atoms with Gasteiger partial charge in [-0.05, 0) is 44.5 Å². The molecule has 0 aliphatic heterocycles. The van der Waals surface area contributed by atoms with Crippen LogP contribution in [0.4, 0.5) is 5.69 Å². The highest BCUT2D eigenvalue weighted by atomic mass is 16.5. The molecule has 0 saturated carbocycles. The van der Waals surface area contributed by atoms with Crippen molar-refractivity contribution in [2.45, 2.75) is 33.4 Å². The first-order valence-electron chi connectivity index (χ1n) is 10.7. The summed E-state index contributed by atoms with van der Waals surface area (Å²) in [7, 11) is 3.04. The second kappa shape index (κ2) is 10.7. The molecular formula is C24H28N4O6. The number of rotatable bonds is 10. The molecule has 0 bridgehead atoms. The molecule has 1 heterocycles. The van der Waals surface area contributed by atoms with Crippen molar-refractivity contribution in [3.05, 3.63) is 58.9 Å². The summed E-state index contributed by atoms with van der Waals surface area (Å²) in [5, 5.41) is 8.05. The minimum Gasteiger partial charge on any atom is -0.497 e. The SMILES string of the molecule is CCOC(=O)c1c(C(=O)c2cc(OC)c(OC(C)C)cc2N)nnn1Cc1ccc(OC)cc1. The van der Waals surface area contributed by atoms with Crippen molar-refractivity contribution in [1.82, 2.24) is 15.0 Å². The Morgan fingerprint density at radius 1 is 1.06 bits per heavy atom. The second-order valence-electron chi connectivity index (χ2n) is 7.60. The maximum atomic E-state index is 13.4. The molecule has 1 aromatic heterocycles. The van der Waals surface area contributed by atoms with Crippen LogP contribution < -0.4 is 19.9 Å². The predicted molar refractivity (Wildman–Crippen MR) is 125 cm³/mol. The van der Waals surface area contributed by atoms with Gasteiger partial charge >= 0.3 is 5.97 Å². The molecule has 34 heavy (non-hydrogen) atoms. The van der Waals surface area contributed by atoms with Gasteiger partial charge in [0.2, 0.25) is 5.78 Å². The standard InChI is InChI=1S/C24H28N4O6/c1-6-33-24(30)22-21(26-27-28(22)13-15-7-9-16(31-4)10-8-15)23(29)17-11-19(32-5)20(12-18(17)25)34-14(2)3/h7-12,14H,6,13,25H2,1-5H3. The number of benzene rings is 2. The average Bonchev–Trinajstić information content (AvgIpc) is 3.22. The molecule has 10 nitrogen and oxygen atoms in total. The van der Waals surface area contributed by atoms with Crippen LogP contribution in [-0.4, -0.2) is 53.7 Å². The molecule has 0 amide bonds. The zero-order valence-corrected chi connectivity index (χ0v) is 19.8. The van der Waals surface area contributed by atoms with Crippen molar-refractivity contribution >= 4 is 17.4 Å². The van der Waals surface area contributed by atoms with Gasteiger partial charge in [-0.15, -0.1) is 5.10 Å². The van der Waals surface area contributed by atoms with E-state index in [0.29, 0.717) is 17.2 Å². The van der Waals surface area contributed by atoms with E-state index >= 15 is 0 Å². The third-order valence-electron chi connectivity index (χ3n) is 4.85. The van der Waals surface area contributed by atoms with Gasteiger partial charge in [0.05, 0.1) is 39.0 Å². The summed E-state index contributed by atoms with van der Waals surface area (Å²) in [6, 6.07) is 10.2. The fourth-order valence-electron chi connectivity index (χ4n) is 3.29. The Morgan fingerprint density at radius 2 is 1.76 bits per heavy atom. The molecule has 0 radical (unpaired) electrons. The molecule has 10 heteroatoms. The third-order valence-corrected chi connectivity index (χ3v) is 4.85. The largest absolute Gasteiger partial charge is 0.497 e. The van der Waals surface area contributed by atoms with E-state index in [0.717, 1.165) is 5.56 Å². The van der Waals surface area contributed by atoms with Crippen molar-refractivity contribution in [2.24, 2.45) is 0 Å². The molecule has 2 N–H and O–H groups in total. The maximum absolute atomic E-state index is 13.4. The van der Waals surface area contributed by atoms with E-state index in [1.54, 1.807) is 26.2 Å². The van der Waals surface area contributed by atoms with Gasteiger partial charge in [-0.2, -0.15) is 0 Å². The maximum Gasteiger partial charge on any atom is 0.359 e. The van der Waals surface area contributed by atoms with Crippen LogP contribution in [0.25, 0.3) is 0 Å². The number of ether oxygens (including phenoxy) is 4. The van der Waals surface area contributed by atoms with Gasteiger partial charge in [0.1, 0.15) is 5.75 Å². The monoisotopic (exact) mass is 468 g/mol. The second-order valence-corrected chi connectivity index (χ2v) is 7.60. The van der Waals surface area contributed by atoms with E-state index in [-0.39, 0.29) is 41.9 Å². The number of anilines is 1. The van der Waals surface area contributed by atoms with Crippen LogP contribution in [0.5, 0.6) is 17.2 Å². The van der Waals surface area contributed by atoms with Crippen molar-refractivity contribution in [2.75, 3.05) is 26.6 Å². The lowest BCUT2D eigenvalue weighted by Crippen LogP contribution is -2.18. The molecule has 0 atom stereocenters. The zero-order chi connectivity index (χ0) is 24.8. The first-order valence-corrected chi connectivity index (χ1v) is 10.7. The fraction of sp³-hybridized carbons (Fsp3) is 0.333. The number of methoxy groups -OCH3 is 2. The summed E-state index contributed by atoms with van der Waals surface area (Å²) in [6.45, 7) is 5.71. The highest BCUT2D eigenvalue weighted by molar-refractivity contribution is 6.15. The minimum atomic E-state index is -0.713. The fourth-order valence-corrected chi connectivity index (χ4v) is 3.29. The van der Waals surface area contributed by atoms with E-state index in [1.807, 2.05) is 26.0 Å². The van der Waals surface area contributed by atoms with Crippen LogP contribution in [0, 0.1) is 0 Å². The third kappa shape index (κ3) is 5.28. The summed E-state index contributed by atoms with van der Waals surface area (Å²) in [6.07, 6.45) is -0.122. The van der Waals surface area contributed by atoms with E-state index in [4.69, 9.17) is 24.7 Å². The number of esters is 1. The molecule has 0 saturated heterocycles. The quantitative estimate of drug-likeness (QED) is 0.271. The predicted octanol–water partition coefficient (Wildman–Crippen LogP) is 3.12. The number of carbonyl (C=O) groups excluding carboxylic acids is 2. The number of carbonyl (C=O) groups is 2. The molecule has 0 aliphatic carbocycles. The van der Waals surface area contributed by atoms with Crippen molar-refractivity contribution in [1.29, 1.82) is 0 Å². The Hall–Kier alpha value is -4.08. The van der Waals surface area contributed by atoms with E-state index in [9.17, 15) is 9.59 Å². The number of nitrogens with zero attached hydrogens (tertiary/aromatic N) is 3. The van der Waals surface area contributed by atoms with Gasteiger partial charge in [0.15, 0.2) is 22.9 Å². The van der Waals surface area contributed by atoms with E-state index in [2.05, 4.69) is 10.3 Å². The smallest absolute Gasteiger partial charge is 0.359 e. The van der Waals surface area contributed by atoms with Crippen LogP contribution in [0.15, 0.2) is 36.4 Å². The molecule has 0 unspecified atom stereocenters. The zero-order valence-electron chi connectivity index (χ0n) is 19.8. The van der Waals surface area contributed by atoms with Crippen LogP contribution >= 0.6 is 0 Å². The Bertz CT molecular complexity index is 1170. The molecule has 3 aromatic rings. The normalized spacial score (nSPS) is 10.8. The summed E-state index contributed by atoms with van der Waals surface area (Å²) < 4.78 is 22.8. The van der Waals surface area contributed by atoms with Crippen LogP contribution in [-0.2, 0) is 11.3 Å². The molecule has 0 spiro atoms. The summed E-state index contributed by atoms with van der Waals surface area (Å²) in [5.41, 5.74) is 7.01. The minimum absolute atomic E-state index is 0.0662. The number of ketones is 1. The van der Waals surface area contributed by atoms with Gasteiger partial charge in [0.25, 0.3) is 0 Å². The lowest BCUT2D eigenvalue weighted by molar-refractivity contribution is 0.0509. The highest BCUT2D eigenvalue weighted by Crippen LogP contribution is 2.34. The number of hydrogen-bond acceptors (Lipinski definition) is 9. The highest BCUT2D eigenvalue weighted by Gasteiger charge is 2.29. The van der Waals surface area contributed by atoms with Crippen LogP contribution in [0.1, 0.15) is 52.9 Å². The van der Waals surface area contributed by atoms with Gasteiger partial charge in [-0.3, -0.25) is 4.79 Å². The Kier molecular flexibility index (Phi) is 7.72. The molecule has 3 rings (SSSR count). The molecule has 0 aliphatic rings. The van der Waals surface area contributed by atoms with Gasteiger partial charge in [-0.1, -0.05) is 17.3 Å². The Labute approximate surface area is 197 Å². The Balaban J connectivity index is 2.03. The lowest BCUT2D eigenvalue weighted by Gasteiger charge is -2.16. The first kappa shape index (κ1) is 24.6. The molecule has 0 fully saturated rings. The van der Waals surface area contributed by atoms with E-state index < -0.39 is 11.8 Å². The number of hydrogen-bond donors (Lipinski definition) is 1. The molecular weight excluding hydrogens is 440 g/mol. The summed E-state index contributed by atoms with van der Waals surface area (Å²) in [5.74, 6) is 0.124. The lowest BCUT2D eigenvalue weighted by atomic mass is 10.0. The first-order chi connectivity index (χ1) is 16.3. The molecule has 180 valence electrons. The summed E-state index contributed by atoms with van der Waals surface area (Å²) >= 11 is 0. The number of nitrogens with two attached hydrogens (primary N) is 1. The molecule has 2 aromatic carbocycles. The Morgan fingerprint density at radius 3 is 2.35 bits per heavy atom. The number of nitrogen functional groups attached to an aromatic ring is 1. The van der Waals surface area contributed by atoms with E-state index in [1.165, 1.54) is 23.9 Å². The average molecular weight is 469 g/mol. The van der Waals surface area contributed by atoms with Gasteiger partial charge in [-0.25, -0.2) is 9.48 Å². The van der Waals surface area contributed by atoms with Crippen LogP contribution in [0.2, 0.25) is 0 Å². The van der Waals surface area contributed by atoms with Crippen molar-refractivity contribution < 1.29 is 28.5 Å². The van der Waals surface area contributed by atoms with Crippen LogP contribution in [0.3, 0.4) is 0 Å². The van der Waals surface area contributed by atoms with Crippen molar-refractivity contribution in [3.8, 4) is 17.2 Å². The van der Waals surface area contributed by atoms with Gasteiger partial charge in [0, 0.05) is 11.8 Å². The summed E-state index contributed by atoms with van der Waals surface area (Å²) in [4.78, 5) is 26.2.